The highest BCUT2D eigenvalue weighted by atomic mass is 31.0. The van der Waals surface area contributed by atoms with E-state index in [1.54, 1.807) is 0 Å². The summed E-state index contributed by atoms with van der Waals surface area (Å²) < 4.78 is 14.9. The maximum Gasteiger partial charge on any atom is 0.509 e. The van der Waals surface area contributed by atoms with Crippen LogP contribution in [0.1, 0.15) is 6.42 Å². The number of carbonyl (C=O) groups excluding carboxylic acids is 1. The molecule has 74 valence electrons. The van der Waals surface area contributed by atoms with E-state index in [0.717, 1.165) is 0 Å². The Morgan fingerprint density at radius 2 is 2.38 bits per heavy atom. The smallest absolute Gasteiger partial charge is 0.427 e. The Labute approximate surface area is 77.6 Å². The average molecular weight is 206 g/mol. The molecule has 13 heavy (non-hydrogen) atoms. The number of aliphatic hydroxyl groups excluding tert-OH is 1. The molecule has 1 aliphatic heterocycles. The van der Waals surface area contributed by atoms with Gasteiger partial charge in [0.25, 0.3) is 0 Å². The van der Waals surface area contributed by atoms with Crippen molar-refractivity contribution in [2.75, 3.05) is 6.61 Å². The summed E-state index contributed by atoms with van der Waals surface area (Å²) in [4.78, 5) is 10.7. The number of aliphatic hydroxyl groups is 1. The van der Waals surface area contributed by atoms with Gasteiger partial charge in [0.15, 0.2) is 0 Å². The number of carbonyl (C=O) groups is 1. The summed E-state index contributed by atoms with van der Waals surface area (Å²) in [6.07, 6.45) is -0.766. The van der Waals surface area contributed by atoms with Crippen molar-refractivity contribution >= 4 is 15.6 Å². The van der Waals surface area contributed by atoms with E-state index in [1.807, 2.05) is 0 Å². The van der Waals surface area contributed by atoms with Crippen LogP contribution in [0.2, 0.25) is 0 Å². The minimum Gasteiger partial charge on any atom is -0.427 e. The van der Waals surface area contributed by atoms with Crippen molar-refractivity contribution < 1.29 is 23.9 Å². The van der Waals surface area contributed by atoms with Crippen molar-refractivity contribution in [3.8, 4) is 0 Å². The molecule has 1 heterocycles. The summed E-state index contributed by atoms with van der Waals surface area (Å²) in [5.74, 6) is -0.172. The van der Waals surface area contributed by atoms with Gasteiger partial charge >= 0.3 is 6.16 Å². The topological polar surface area (TPSA) is 65.0 Å². The van der Waals surface area contributed by atoms with Gasteiger partial charge in [-0.15, -0.1) is 0 Å². The van der Waals surface area contributed by atoms with Crippen LogP contribution in [0.3, 0.4) is 0 Å². The molecule has 0 spiro atoms. The summed E-state index contributed by atoms with van der Waals surface area (Å²) in [7, 11) is 2.15. The third kappa shape index (κ3) is 1.41. The Morgan fingerprint density at radius 3 is 3.00 bits per heavy atom. The van der Waals surface area contributed by atoms with E-state index in [2.05, 4.69) is 9.47 Å². The molecule has 6 heteroatoms. The van der Waals surface area contributed by atoms with Crippen LogP contribution in [0.15, 0.2) is 0 Å². The summed E-state index contributed by atoms with van der Waals surface area (Å²) in [6.45, 7) is -0.0587. The first-order chi connectivity index (χ1) is 6.26. The van der Waals surface area contributed by atoms with Crippen molar-refractivity contribution in [3.63, 3.8) is 0 Å². The first-order valence-corrected chi connectivity index (χ1v) is 4.57. The standard InChI is InChI=1S/C7H11O5P/c8-2-3-4(12-13)1-5-6(3)11-7(9)10-5/h3-6,8H,1-2,13H2/t3-,4?,5?,6?/m0/s1. The maximum absolute atomic E-state index is 10.7. The van der Waals surface area contributed by atoms with Crippen LogP contribution < -0.4 is 0 Å². The number of fused-ring (bicyclic) bond motifs is 1. The third-order valence-electron chi connectivity index (χ3n) is 2.60. The molecule has 5 nitrogen and oxygen atoms in total. The zero-order valence-corrected chi connectivity index (χ0v) is 8.04. The highest BCUT2D eigenvalue weighted by Crippen LogP contribution is 2.37. The Kier molecular flexibility index (Phi) is 2.41. The van der Waals surface area contributed by atoms with E-state index in [1.165, 1.54) is 0 Å². The van der Waals surface area contributed by atoms with E-state index < -0.39 is 6.16 Å². The van der Waals surface area contributed by atoms with E-state index >= 15 is 0 Å². The quantitative estimate of drug-likeness (QED) is 0.512. The van der Waals surface area contributed by atoms with Crippen LogP contribution in [0.25, 0.3) is 0 Å². The molecule has 1 saturated carbocycles. The Hall–Kier alpha value is -0.380. The summed E-state index contributed by atoms with van der Waals surface area (Å²) >= 11 is 0. The lowest BCUT2D eigenvalue weighted by atomic mass is 10.1. The zero-order chi connectivity index (χ0) is 9.42. The minimum absolute atomic E-state index is 0.0587. The van der Waals surface area contributed by atoms with Gasteiger partial charge in [0.1, 0.15) is 12.2 Å². The summed E-state index contributed by atoms with van der Waals surface area (Å²) in [5, 5.41) is 9.06. The molecule has 0 aromatic carbocycles. The van der Waals surface area contributed by atoms with Gasteiger partial charge in [0.05, 0.1) is 12.7 Å². The fraction of sp³-hybridized carbons (Fsp3) is 0.857. The van der Waals surface area contributed by atoms with Gasteiger partial charge in [-0.25, -0.2) is 4.79 Å². The van der Waals surface area contributed by atoms with Crippen LogP contribution in [0.5, 0.6) is 0 Å². The van der Waals surface area contributed by atoms with Crippen molar-refractivity contribution in [2.24, 2.45) is 5.92 Å². The lowest BCUT2D eigenvalue weighted by molar-refractivity contribution is 0.0402. The second kappa shape index (κ2) is 3.40. The normalized spacial score (nSPS) is 42.8. The van der Waals surface area contributed by atoms with Crippen LogP contribution in [0.4, 0.5) is 4.79 Å². The number of hydrogen-bond donors (Lipinski definition) is 1. The highest BCUT2D eigenvalue weighted by Gasteiger charge is 2.52. The molecular weight excluding hydrogens is 195 g/mol. The first kappa shape index (κ1) is 9.19. The molecule has 0 aromatic heterocycles. The average Bonchev–Trinajstić information content (AvgIpc) is 2.59. The van der Waals surface area contributed by atoms with Crippen molar-refractivity contribution in [2.45, 2.75) is 24.7 Å². The predicted octanol–water partition coefficient (Wildman–Crippen LogP) is 0.0779. The molecule has 1 aliphatic carbocycles. The second-order valence-electron chi connectivity index (χ2n) is 3.25. The van der Waals surface area contributed by atoms with Crippen molar-refractivity contribution in [1.82, 2.24) is 0 Å². The Morgan fingerprint density at radius 1 is 1.62 bits per heavy atom. The van der Waals surface area contributed by atoms with Gasteiger partial charge in [-0.05, 0) is 0 Å². The molecule has 2 fully saturated rings. The molecule has 0 bridgehead atoms. The predicted molar refractivity (Wildman–Crippen MR) is 44.9 cm³/mol. The van der Waals surface area contributed by atoms with Crippen molar-refractivity contribution in [3.05, 3.63) is 0 Å². The Balaban J connectivity index is 2.09. The maximum atomic E-state index is 10.7. The molecular formula is C7H11O5P. The van der Waals surface area contributed by atoms with E-state index in [9.17, 15) is 4.79 Å². The highest BCUT2D eigenvalue weighted by molar-refractivity contribution is 7.09. The van der Waals surface area contributed by atoms with Crippen LogP contribution >= 0.6 is 9.47 Å². The molecule has 5 atom stereocenters. The van der Waals surface area contributed by atoms with Gasteiger partial charge in [0.2, 0.25) is 0 Å². The third-order valence-corrected chi connectivity index (χ3v) is 2.95. The van der Waals surface area contributed by atoms with E-state index in [0.29, 0.717) is 6.42 Å². The number of ether oxygens (including phenoxy) is 2. The molecule has 2 aliphatic rings. The zero-order valence-electron chi connectivity index (χ0n) is 6.88. The molecule has 1 N–H and O–H groups in total. The fourth-order valence-electron chi connectivity index (χ4n) is 1.94. The molecule has 0 amide bonds. The monoisotopic (exact) mass is 206 g/mol. The van der Waals surface area contributed by atoms with Gasteiger partial charge in [-0.1, -0.05) is 0 Å². The first-order valence-electron chi connectivity index (χ1n) is 4.10. The lowest BCUT2D eigenvalue weighted by Gasteiger charge is -2.17. The van der Waals surface area contributed by atoms with E-state index in [4.69, 9.17) is 19.1 Å². The lowest BCUT2D eigenvalue weighted by Crippen LogP contribution is -2.29. The van der Waals surface area contributed by atoms with Gasteiger partial charge < -0.3 is 19.1 Å². The largest absolute Gasteiger partial charge is 0.509 e. The second-order valence-corrected chi connectivity index (χ2v) is 3.52. The van der Waals surface area contributed by atoms with Gasteiger partial charge in [-0.3, -0.25) is 0 Å². The molecule has 2 rings (SSSR count). The van der Waals surface area contributed by atoms with Crippen molar-refractivity contribution in [1.29, 1.82) is 0 Å². The van der Waals surface area contributed by atoms with Gasteiger partial charge in [-0.2, -0.15) is 0 Å². The number of rotatable bonds is 2. The molecule has 0 aromatic rings. The van der Waals surface area contributed by atoms with Gasteiger partial charge in [0, 0.05) is 21.8 Å². The molecule has 4 unspecified atom stereocenters. The van der Waals surface area contributed by atoms with Crippen LogP contribution in [-0.2, 0) is 14.0 Å². The van der Waals surface area contributed by atoms with Crippen LogP contribution in [-0.4, -0.2) is 36.2 Å². The summed E-state index contributed by atoms with van der Waals surface area (Å²) in [5.41, 5.74) is 0. The minimum atomic E-state index is -0.643. The molecule has 0 radical (unpaired) electrons. The van der Waals surface area contributed by atoms with E-state index in [-0.39, 0.29) is 30.8 Å². The molecule has 1 saturated heterocycles. The SMILES string of the molecule is O=C1OC2CC(OP)[C@H](CO)C2O1. The Bertz CT molecular complexity index is 221. The summed E-state index contributed by atoms with van der Waals surface area (Å²) in [6, 6.07) is 0. The number of hydrogen-bond acceptors (Lipinski definition) is 5. The fourth-order valence-corrected chi connectivity index (χ4v) is 2.26. The van der Waals surface area contributed by atoms with Crippen LogP contribution in [0, 0.1) is 5.92 Å².